The van der Waals surface area contributed by atoms with Gasteiger partial charge in [-0.3, -0.25) is 4.79 Å². The van der Waals surface area contributed by atoms with Crippen LogP contribution in [0, 0.1) is 12.7 Å². The number of benzene rings is 2. The highest BCUT2D eigenvalue weighted by atomic mass is 79.9. The second-order valence-corrected chi connectivity index (χ2v) is 6.66. The Morgan fingerprint density at radius 3 is 2.52 bits per heavy atom. The fourth-order valence-corrected chi connectivity index (χ4v) is 3.13. The molecule has 0 aliphatic rings. The van der Waals surface area contributed by atoms with Crippen LogP contribution in [0.1, 0.15) is 16.2 Å². The lowest BCUT2D eigenvalue weighted by molar-refractivity contribution is 0.102. The highest BCUT2D eigenvalue weighted by molar-refractivity contribution is 9.10. The number of aromatic nitrogens is 2. The fourth-order valence-electron chi connectivity index (χ4n) is 2.27. The van der Waals surface area contributed by atoms with Crippen LogP contribution in [0.3, 0.4) is 0 Å². The maximum Gasteiger partial charge on any atom is 0.256 e. The van der Waals surface area contributed by atoms with E-state index >= 15 is 0 Å². The Hall–Kier alpha value is -2.31. The number of anilines is 1. The Balaban J connectivity index is 1.90. The van der Waals surface area contributed by atoms with Crippen LogP contribution in [0.5, 0.6) is 0 Å². The summed E-state index contributed by atoms with van der Waals surface area (Å²) in [5.74, 6) is 0.179. The first-order valence-electron chi connectivity index (χ1n) is 7.30. The first-order valence-corrected chi connectivity index (χ1v) is 8.47. The number of halogens is 3. The number of amides is 1. The normalized spacial score (nSPS) is 10.6. The van der Waals surface area contributed by atoms with Gasteiger partial charge in [-0.25, -0.2) is 14.4 Å². The molecule has 1 N–H and O–H groups in total. The molecule has 0 aliphatic carbocycles. The molecular formula is C18H12BrClFN3O. The maximum atomic E-state index is 13.1. The average molecular weight is 421 g/mol. The van der Waals surface area contributed by atoms with Crippen molar-refractivity contribution in [3.8, 4) is 11.3 Å². The molecular weight excluding hydrogens is 409 g/mol. The van der Waals surface area contributed by atoms with E-state index in [0.29, 0.717) is 32.4 Å². The second-order valence-electron chi connectivity index (χ2n) is 5.30. The number of carbonyl (C=O) groups is 1. The van der Waals surface area contributed by atoms with Crippen LogP contribution < -0.4 is 5.32 Å². The van der Waals surface area contributed by atoms with Crippen LogP contribution in [-0.4, -0.2) is 15.9 Å². The highest BCUT2D eigenvalue weighted by Crippen LogP contribution is 2.22. The molecule has 0 unspecified atom stereocenters. The van der Waals surface area contributed by atoms with Crippen molar-refractivity contribution in [2.24, 2.45) is 0 Å². The molecule has 25 heavy (non-hydrogen) atoms. The number of rotatable bonds is 3. The average Bonchev–Trinajstić information content (AvgIpc) is 2.54. The first kappa shape index (κ1) is 17.5. The predicted molar refractivity (Wildman–Crippen MR) is 99.3 cm³/mol. The molecule has 4 nitrogen and oxygen atoms in total. The van der Waals surface area contributed by atoms with E-state index in [1.54, 1.807) is 43.3 Å². The van der Waals surface area contributed by atoms with Gasteiger partial charge in [0.1, 0.15) is 17.5 Å². The van der Waals surface area contributed by atoms with E-state index < -0.39 is 0 Å². The van der Waals surface area contributed by atoms with E-state index in [1.807, 2.05) is 0 Å². The van der Waals surface area contributed by atoms with Crippen LogP contribution in [0.4, 0.5) is 10.2 Å². The quantitative estimate of drug-likeness (QED) is 0.629. The van der Waals surface area contributed by atoms with Gasteiger partial charge in [0.25, 0.3) is 5.91 Å². The zero-order chi connectivity index (χ0) is 18.0. The van der Waals surface area contributed by atoms with Gasteiger partial charge in [0.15, 0.2) is 0 Å². The summed E-state index contributed by atoms with van der Waals surface area (Å²) in [6, 6.07) is 12.5. The molecule has 3 aromatic rings. The van der Waals surface area contributed by atoms with Crippen LogP contribution >= 0.6 is 27.5 Å². The number of aryl methyl sites for hydroxylation is 1. The van der Waals surface area contributed by atoms with Crippen molar-refractivity contribution in [1.29, 1.82) is 0 Å². The molecule has 0 saturated heterocycles. The number of carbonyl (C=O) groups excluding carboxylic acids is 1. The Morgan fingerprint density at radius 1 is 1.12 bits per heavy atom. The van der Waals surface area contributed by atoms with Crippen molar-refractivity contribution in [2.75, 3.05) is 5.32 Å². The monoisotopic (exact) mass is 419 g/mol. The van der Waals surface area contributed by atoms with Crippen LogP contribution in [0.25, 0.3) is 11.3 Å². The smallest absolute Gasteiger partial charge is 0.256 e. The topological polar surface area (TPSA) is 54.9 Å². The Labute approximate surface area is 157 Å². The Morgan fingerprint density at radius 2 is 1.84 bits per heavy atom. The van der Waals surface area contributed by atoms with Gasteiger partial charge in [0, 0.05) is 26.7 Å². The maximum absolute atomic E-state index is 13.1. The Bertz CT molecular complexity index is 927. The molecule has 0 aliphatic heterocycles. The van der Waals surface area contributed by atoms with Crippen molar-refractivity contribution >= 4 is 39.3 Å². The van der Waals surface area contributed by atoms with Gasteiger partial charge in [-0.15, -0.1) is 0 Å². The Kier molecular flexibility index (Phi) is 5.11. The van der Waals surface area contributed by atoms with Crippen molar-refractivity contribution in [1.82, 2.24) is 9.97 Å². The largest absolute Gasteiger partial charge is 0.306 e. The molecule has 1 heterocycles. The van der Waals surface area contributed by atoms with Gasteiger partial charge in [-0.05, 0) is 49.4 Å². The van der Waals surface area contributed by atoms with Gasteiger partial charge in [-0.1, -0.05) is 27.5 Å². The zero-order valence-electron chi connectivity index (χ0n) is 13.1. The van der Waals surface area contributed by atoms with E-state index in [0.717, 1.165) is 5.56 Å². The predicted octanol–water partition coefficient (Wildman–Crippen LogP) is 5.26. The van der Waals surface area contributed by atoms with Crippen LogP contribution in [0.2, 0.25) is 5.02 Å². The summed E-state index contributed by atoms with van der Waals surface area (Å²) in [5, 5.41) is 3.18. The van der Waals surface area contributed by atoms with Gasteiger partial charge >= 0.3 is 0 Å². The molecule has 7 heteroatoms. The van der Waals surface area contributed by atoms with E-state index in [4.69, 9.17) is 11.6 Å². The molecule has 0 spiro atoms. The molecule has 0 bridgehead atoms. The minimum atomic E-state index is -0.341. The third-order valence-corrected chi connectivity index (χ3v) is 4.02. The molecule has 1 aromatic heterocycles. The first-order chi connectivity index (χ1) is 11.9. The summed E-state index contributed by atoms with van der Waals surface area (Å²) in [5.41, 5.74) is 1.72. The lowest BCUT2D eigenvalue weighted by Gasteiger charge is -2.09. The minimum absolute atomic E-state index is 0.324. The van der Waals surface area contributed by atoms with Crippen LogP contribution in [-0.2, 0) is 0 Å². The lowest BCUT2D eigenvalue weighted by atomic mass is 10.1. The number of hydrogen-bond donors (Lipinski definition) is 1. The molecule has 0 atom stereocenters. The third-order valence-electron chi connectivity index (χ3n) is 3.34. The standard InChI is InChI=1S/C18H12BrClFN3O/c1-10-22-16(11-2-4-15(21)5-3-11)9-17(23-10)24-18(25)12-6-13(19)8-14(20)7-12/h2-9H,1H3,(H,22,23,24,25). The summed E-state index contributed by atoms with van der Waals surface area (Å²) in [6.07, 6.45) is 0. The van der Waals surface area contributed by atoms with Gasteiger partial charge in [0.2, 0.25) is 0 Å². The van der Waals surface area contributed by atoms with E-state index in [9.17, 15) is 9.18 Å². The molecule has 0 saturated carbocycles. The molecule has 126 valence electrons. The summed E-state index contributed by atoms with van der Waals surface area (Å²) < 4.78 is 13.8. The van der Waals surface area contributed by atoms with Gasteiger partial charge in [-0.2, -0.15) is 0 Å². The second kappa shape index (κ2) is 7.29. The fraction of sp³-hybridized carbons (Fsp3) is 0.0556. The number of nitrogens with zero attached hydrogens (tertiary/aromatic N) is 2. The number of hydrogen-bond acceptors (Lipinski definition) is 3. The van der Waals surface area contributed by atoms with Gasteiger partial charge < -0.3 is 5.32 Å². The van der Waals surface area contributed by atoms with Crippen molar-refractivity contribution in [3.05, 3.63) is 75.2 Å². The van der Waals surface area contributed by atoms with E-state index in [-0.39, 0.29) is 11.7 Å². The van der Waals surface area contributed by atoms with Crippen molar-refractivity contribution < 1.29 is 9.18 Å². The van der Waals surface area contributed by atoms with Crippen molar-refractivity contribution in [3.63, 3.8) is 0 Å². The SMILES string of the molecule is Cc1nc(NC(=O)c2cc(Cl)cc(Br)c2)cc(-c2ccc(F)cc2)n1. The minimum Gasteiger partial charge on any atom is -0.306 e. The van der Waals surface area contributed by atoms with Gasteiger partial charge in [0.05, 0.1) is 5.69 Å². The lowest BCUT2D eigenvalue weighted by Crippen LogP contribution is -2.14. The molecule has 0 fully saturated rings. The molecule has 3 rings (SSSR count). The zero-order valence-corrected chi connectivity index (χ0v) is 15.4. The van der Waals surface area contributed by atoms with E-state index in [2.05, 4.69) is 31.2 Å². The summed E-state index contributed by atoms with van der Waals surface area (Å²) in [7, 11) is 0. The van der Waals surface area contributed by atoms with Crippen LogP contribution in [0.15, 0.2) is 53.0 Å². The summed E-state index contributed by atoms with van der Waals surface area (Å²) >= 11 is 9.28. The summed E-state index contributed by atoms with van der Waals surface area (Å²) in [4.78, 5) is 21.0. The summed E-state index contributed by atoms with van der Waals surface area (Å²) in [6.45, 7) is 1.72. The number of nitrogens with one attached hydrogen (secondary N) is 1. The molecule has 1 amide bonds. The molecule has 2 aromatic carbocycles. The molecule has 0 radical (unpaired) electrons. The third kappa shape index (κ3) is 4.41. The highest BCUT2D eigenvalue weighted by Gasteiger charge is 2.11. The van der Waals surface area contributed by atoms with Crippen molar-refractivity contribution in [2.45, 2.75) is 6.92 Å². The van der Waals surface area contributed by atoms with E-state index in [1.165, 1.54) is 12.1 Å².